The van der Waals surface area contributed by atoms with Gasteiger partial charge in [-0.05, 0) is 36.6 Å². The number of hydrogen-bond donors (Lipinski definition) is 1. The van der Waals surface area contributed by atoms with Crippen molar-refractivity contribution in [3.05, 3.63) is 34.9 Å². The molecule has 1 atom stereocenters. The van der Waals surface area contributed by atoms with Gasteiger partial charge in [-0.2, -0.15) is 13.2 Å². The van der Waals surface area contributed by atoms with E-state index >= 15 is 0 Å². The summed E-state index contributed by atoms with van der Waals surface area (Å²) in [7, 11) is 0. The standard InChI is InChI=1S/C12H15ClF3NO/c13-11-3-1-9(2-4-11)10(7-17)5-6-18-8-12(14,15)16/h1-4,10H,5-8,17H2. The molecule has 0 saturated heterocycles. The summed E-state index contributed by atoms with van der Waals surface area (Å²) in [6.07, 6.45) is -3.83. The molecule has 0 aliphatic rings. The Balaban J connectivity index is 2.40. The fourth-order valence-electron chi connectivity index (χ4n) is 1.57. The van der Waals surface area contributed by atoms with Crippen LogP contribution in [0.2, 0.25) is 5.02 Å². The third-order valence-corrected chi connectivity index (χ3v) is 2.75. The quantitative estimate of drug-likeness (QED) is 0.812. The lowest BCUT2D eigenvalue weighted by molar-refractivity contribution is -0.174. The molecule has 18 heavy (non-hydrogen) atoms. The molecule has 0 aliphatic heterocycles. The Bertz CT molecular complexity index is 353. The van der Waals surface area contributed by atoms with Crippen LogP contribution in [-0.2, 0) is 4.74 Å². The maximum atomic E-state index is 11.9. The van der Waals surface area contributed by atoms with Crippen LogP contribution in [0, 0.1) is 0 Å². The molecule has 6 heteroatoms. The van der Waals surface area contributed by atoms with Gasteiger partial charge in [0.15, 0.2) is 0 Å². The van der Waals surface area contributed by atoms with Crippen molar-refractivity contribution in [2.24, 2.45) is 5.73 Å². The summed E-state index contributed by atoms with van der Waals surface area (Å²) in [5.41, 5.74) is 6.56. The lowest BCUT2D eigenvalue weighted by Gasteiger charge is -2.15. The monoisotopic (exact) mass is 281 g/mol. The topological polar surface area (TPSA) is 35.2 Å². The molecule has 0 fully saturated rings. The predicted octanol–water partition coefficient (Wildman–Crippen LogP) is 3.35. The van der Waals surface area contributed by atoms with Crippen LogP contribution in [0.3, 0.4) is 0 Å². The fraction of sp³-hybridized carbons (Fsp3) is 0.500. The van der Waals surface area contributed by atoms with Gasteiger partial charge in [0.05, 0.1) is 0 Å². The number of nitrogens with two attached hydrogens (primary N) is 1. The lowest BCUT2D eigenvalue weighted by atomic mass is 9.96. The molecule has 0 spiro atoms. The number of rotatable bonds is 6. The highest BCUT2D eigenvalue weighted by atomic mass is 35.5. The van der Waals surface area contributed by atoms with E-state index in [9.17, 15) is 13.2 Å². The first-order chi connectivity index (χ1) is 8.42. The molecule has 1 aromatic carbocycles. The predicted molar refractivity (Wildman–Crippen MR) is 64.7 cm³/mol. The molecule has 1 unspecified atom stereocenters. The van der Waals surface area contributed by atoms with Crippen molar-refractivity contribution in [1.29, 1.82) is 0 Å². The van der Waals surface area contributed by atoms with Gasteiger partial charge in [-0.25, -0.2) is 0 Å². The molecule has 0 heterocycles. The second-order valence-electron chi connectivity index (χ2n) is 3.94. The zero-order valence-electron chi connectivity index (χ0n) is 9.71. The third-order valence-electron chi connectivity index (χ3n) is 2.50. The first-order valence-electron chi connectivity index (χ1n) is 5.52. The maximum Gasteiger partial charge on any atom is 0.411 e. The summed E-state index contributed by atoms with van der Waals surface area (Å²) in [5, 5.41) is 0.614. The van der Waals surface area contributed by atoms with Gasteiger partial charge in [0, 0.05) is 11.6 Å². The number of halogens is 4. The SMILES string of the molecule is NCC(CCOCC(F)(F)F)c1ccc(Cl)cc1. The average Bonchev–Trinajstić information content (AvgIpc) is 2.29. The van der Waals surface area contributed by atoms with Crippen LogP contribution >= 0.6 is 11.6 Å². The van der Waals surface area contributed by atoms with Gasteiger partial charge in [0.25, 0.3) is 0 Å². The molecule has 0 aromatic heterocycles. The van der Waals surface area contributed by atoms with Crippen LogP contribution in [0.15, 0.2) is 24.3 Å². The molecule has 1 aromatic rings. The van der Waals surface area contributed by atoms with Crippen molar-refractivity contribution in [2.45, 2.75) is 18.5 Å². The minimum atomic E-state index is -4.28. The van der Waals surface area contributed by atoms with Crippen molar-refractivity contribution in [1.82, 2.24) is 0 Å². The smallest absolute Gasteiger partial charge is 0.372 e. The van der Waals surface area contributed by atoms with E-state index in [1.807, 2.05) is 12.1 Å². The number of alkyl halides is 3. The first kappa shape index (κ1) is 15.3. The van der Waals surface area contributed by atoms with Crippen molar-refractivity contribution in [2.75, 3.05) is 19.8 Å². The number of hydrogen-bond acceptors (Lipinski definition) is 2. The number of ether oxygens (including phenoxy) is 1. The Kier molecular flexibility index (Phi) is 5.91. The van der Waals surface area contributed by atoms with Crippen LogP contribution in [0.5, 0.6) is 0 Å². The molecule has 0 aliphatic carbocycles. The van der Waals surface area contributed by atoms with Gasteiger partial charge < -0.3 is 10.5 Å². The third kappa shape index (κ3) is 5.71. The van der Waals surface area contributed by atoms with Gasteiger partial charge in [0.1, 0.15) is 6.61 Å². The van der Waals surface area contributed by atoms with E-state index in [1.54, 1.807) is 12.1 Å². The van der Waals surface area contributed by atoms with Crippen molar-refractivity contribution >= 4 is 11.6 Å². The first-order valence-corrected chi connectivity index (χ1v) is 5.90. The molecule has 0 radical (unpaired) electrons. The summed E-state index contributed by atoms with van der Waals surface area (Å²) in [5.74, 6) is -0.0181. The van der Waals surface area contributed by atoms with Crippen molar-refractivity contribution < 1.29 is 17.9 Å². The van der Waals surface area contributed by atoms with Crippen molar-refractivity contribution in [3.63, 3.8) is 0 Å². The Hall–Kier alpha value is -0.780. The Morgan fingerprint density at radius 2 is 1.83 bits per heavy atom. The normalized spacial score (nSPS) is 13.6. The van der Waals surface area contributed by atoms with Gasteiger partial charge in [-0.15, -0.1) is 0 Å². The van der Waals surface area contributed by atoms with Gasteiger partial charge in [-0.1, -0.05) is 23.7 Å². The van der Waals surface area contributed by atoms with E-state index in [-0.39, 0.29) is 12.5 Å². The molecule has 0 saturated carbocycles. The zero-order valence-corrected chi connectivity index (χ0v) is 10.5. The van der Waals surface area contributed by atoms with Gasteiger partial charge in [0.2, 0.25) is 0 Å². The highest BCUT2D eigenvalue weighted by Crippen LogP contribution is 2.21. The number of benzene rings is 1. The van der Waals surface area contributed by atoms with E-state index in [0.717, 1.165) is 5.56 Å². The highest BCUT2D eigenvalue weighted by Gasteiger charge is 2.27. The van der Waals surface area contributed by atoms with E-state index in [1.165, 1.54) is 0 Å². The average molecular weight is 282 g/mol. The maximum absolute atomic E-state index is 11.9. The minimum Gasteiger partial charge on any atom is -0.372 e. The molecule has 0 bridgehead atoms. The Morgan fingerprint density at radius 1 is 1.22 bits per heavy atom. The molecular weight excluding hydrogens is 267 g/mol. The summed E-state index contributed by atoms with van der Waals surface area (Å²) < 4.78 is 40.2. The van der Waals surface area contributed by atoms with E-state index in [4.69, 9.17) is 17.3 Å². The Morgan fingerprint density at radius 3 is 2.33 bits per heavy atom. The van der Waals surface area contributed by atoms with Gasteiger partial charge in [-0.3, -0.25) is 0 Å². The van der Waals surface area contributed by atoms with Gasteiger partial charge >= 0.3 is 6.18 Å². The van der Waals surface area contributed by atoms with E-state index in [0.29, 0.717) is 18.0 Å². The lowest BCUT2D eigenvalue weighted by Crippen LogP contribution is -2.20. The van der Waals surface area contributed by atoms with Crippen LogP contribution in [0.1, 0.15) is 17.9 Å². The molecule has 2 nitrogen and oxygen atoms in total. The van der Waals surface area contributed by atoms with Crippen LogP contribution in [0.4, 0.5) is 13.2 Å². The summed E-state index contributed by atoms with van der Waals surface area (Å²) >= 11 is 5.76. The second kappa shape index (κ2) is 6.97. The second-order valence-corrected chi connectivity index (χ2v) is 4.38. The molecule has 1 rings (SSSR count). The summed E-state index contributed by atoms with van der Waals surface area (Å²) in [6, 6.07) is 7.11. The Labute approximate surface area is 109 Å². The molecule has 2 N–H and O–H groups in total. The minimum absolute atomic E-state index is 0.0181. The zero-order chi connectivity index (χ0) is 13.6. The van der Waals surface area contributed by atoms with Crippen molar-refractivity contribution in [3.8, 4) is 0 Å². The molecule has 0 amide bonds. The van der Waals surface area contributed by atoms with E-state index in [2.05, 4.69) is 4.74 Å². The van der Waals surface area contributed by atoms with Crippen LogP contribution < -0.4 is 5.73 Å². The largest absolute Gasteiger partial charge is 0.411 e. The van der Waals surface area contributed by atoms with Crippen LogP contribution in [-0.4, -0.2) is 25.9 Å². The molecular formula is C12H15ClF3NO. The van der Waals surface area contributed by atoms with Crippen LogP contribution in [0.25, 0.3) is 0 Å². The summed E-state index contributed by atoms with van der Waals surface area (Å²) in [6.45, 7) is -0.827. The highest BCUT2D eigenvalue weighted by molar-refractivity contribution is 6.30. The molecule has 102 valence electrons. The fourth-order valence-corrected chi connectivity index (χ4v) is 1.70. The van der Waals surface area contributed by atoms with E-state index < -0.39 is 12.8 Å². The summed E-state index contributed by atoms with van der Waals surface area (Å²) in [4.78, 5) is 0.